The van der Waals surface area contributed by atoms with Crippen molar-refractivity contribution < 1.29 is 19.1 Å². The summed E-state index contributed by atoms with van der Waals surface area (Å²) in [4.78, 5) is 33.2. The first kappa shape index (κ1) is 31.6. The van der Waals surface area contributed by atoms with Crippen LogP contribution in [0.5, 0.6) is 0 Å². The molecular weight excluding hydrogens is 559 g/mol. The lowest BCUT2D eigenvalue weighted by Crippen LogP contribution is -2.41. The van der Waals surface area contributed by atoms with Crippen LogP contribution in [0.15, 0.2) is 36.4 Å². The number of nitrogens with one attached hydrogen (secondary N) is 2. The van der Waals surface area contributed by atoms with Gasteiger partial charge in [-0.1, -0.05) is 6.07 Å². The number of fused-ring (bicyclic) bond motifs is 1. The van der Waals surface area contributed by atoms with Crippen molar-refractivity contribution in [2.24, 2.45) is 11.8 Å². The third-order valence-corrected chi connectivity index (χ3v) is 9.18. The predicted octanol–water partition coefficient (Wildman–Crippen LogP) is 5.54. The van der Waals surface area contributed by atoms with Crippen molar-refractivity contribution in [3.8, 4) is 6.07 Å². The van der Waals surface area contributed by atoms with Crippen molar-refractivity contribution in [1.82, 2.24) is 19.8 Å². The Morgan fingerprint density at radius 3 is 2.43 bits per heavy atom. The van der Waals surface area contributed by atoms with Crippen molar-refractivity contribution in [2.75, 3.05) is 18.4 Å². The SMILES string of the molecule is CC(C)NC(=O)C1CCC(n2c(NC(=O)c3ccc(F)c(C#N)c3)nc3ccc(CN4CCC(C(C)(C)O)CC4)cc32)CC1. The zero-order valence-electron chi connectivity index (χ0n) is 26.1. The van der Waals surface area contributed by atoms with Crippen LogP contribution < -0.4 is 10.6 Å². The van der Waals surface area contributed by atoms with E-state index in [0.717, 1.165) is 80.8 Å². The van der Waals surface area contributed by atoms with Crippen molar-refractivity contribution in [1.29, 1.82) is 5.26 Å². The van der Waals surface area contributed by atoms with Crippen LogP contribution in [0, 0.1) is 29.0 Å². The zero-order valence-corrected chi connectivity index (χ0v) is 26.1. The number of amides is 2. The molecule has 5 rings (SSSR count). The summed E-state index contributed by atoms with van der Waals surface area (Å²) < 4.78 is 16.0. The summed E-state index contributed by atoms with van der Waals surface area (Å²) in [6, 6.07) is 11.8. The lowest BCUT2D eigenvalue weighted by Gasteiger charge is -2.37. The number of carbonyl (C=O) groups is 2. The smallest absolute Gasteiger partial charge is 0.258 e. The zero-order chi connectivity index (χ0) is 31.6. The number of nitriles is 1. The number of hydrogen-bond acceptors (Lipinski definition) is 6. The van der Waals surface area contributed by atoms with Gasteiger partial charge in [-0.2, -0.15) is 5.26 Å². The van der Waals surface area contributed by atoms with Gasteiger partial charge in [0.05, 0.1) is 22.2 Å². The molecule has 2 fully saturated rings. The van der Waals surface area contributed by atoms with E-state index in [9.17, 15) is 24.3 Å². The lowest BCUT2D eigenvalue weighted by molar-refractivity contribution is -0.126. The van der Waals surface area contributed by atoms with E-state index in [1.165, 1.54) is 12.1 Å². The standard InChI is InChI=1S/C34H43FN6O3/c1-21(2)37-31(42)23-6-9-27(10-7-23)41-30-17-22(20-40-15-13-26(14-16-40)34(3,4)44)5-12-29(30)38-33(41)39-32(43)24-8-11-28(35)25(18-24)19-36/h5,8,11-12,17-18,21,23,26-27,44H,6-7,9-10,13-16,20H2,1-4H3,(H,37,42)(H,38,39,43). The number of rotatable bonds is 8. The van der Waals surface area contributed by atoms with Gasteiger partial charge >= 0.3 is 0 Å². The van der Waals surface area contributed by atoms with Crippen LogP contribution in [0.25, 0.3) is 11.0 Å². The fraction of sp³-hybridized carbons (Fsp3) is 0.529. The molecule has 0 unspecified atom stereocenters. The minimum atomic E-state index is -0.675. The maximum absolute atomic E-state index is 13.9. The number of nitrogens with zero attached hydrogens (tertiary/aromatic N) is 4. The molecular formula is C34H43FN6O3. The molecule has 10 heteroatoms. The molecule has 2 amide bonds. The second kappa shape index (κ2) is 13.0. The van der Waals surface area contributed by atoms with Crippen LogP contribution in [-0.2, 0) is 11.3 Å². The molecule has 9 nitrogen and oxygen atoms in total. The number of aliphatic hydroxyl groups is 1. The Morgan fingerprint density at radius 2 is 1.80 bits per heavy atom. The van der Waals surface area contributed by atoms with Gasteiger partial charge in [-0.3, -0.25) is 19.8 Å². The molecule has 0 spiro atoms. The van der Waals surface area contributed by atoms with E-state index in [1.807, 2.05) is 33.8 Å². The highest BCUT2D eigenvalue weighted by atomic mass is 19.1. The Hall–Kier alpha value is -3.81. The Kier molecular flexibility index (Phi) is 9.37. The van der Waals surface area contributed by atoms with E-state index >= 15 is 0 Å². The van der Waals surface area contributed by atoms with Gasteiger partial charge in [0, 0.05) is 30.1 Å². The minimum Gasteiger partial charge on any atom is -0.390 e. The molecule has 234 valence electrons. The summed E-state index contributed by atoms with van der Waals surface area (Å²) in [7, 11) is 0. The molecule has 0 radical (unpaired) electrons. The molecule has 1 saturated heterocycles. The van der Waals surface area contributed by atoms with Crippen molar-refractivity contribution in [3.63, 3.8) is 0 Å². The van der Waals surface area contributed by atoms with Gasteiger partial charge in [0.1, 0.15) is 11.9 Å². The highest BCUT2D eigenvalue weighted by molar-refractivity contribution is 6.04. The quantitative estimate of drug-likeness (QED) is 0.311. The molecule has 44 heavy (non-hydrogen) atoms. The second-order valence-electron chi connectivity index (χ2n) is 13.3. The Labute approximate surface area is 258 Å². The molecule has 2 aromatic carbocycles. The van der Waals surface area contributed by atoms with Crippen LogP contribution in [0.3, 0.4) is 0 Å². The number of likely N-dealkylation sites (tertiary alicyclic amines) is 1. The van der Waals surface area contributed by atoms with E-state index in [1.54, 1.807) is 6.07 Å². The second-order valence-corrected chi connectivity index (χ2v) is 13.3. The van der Waals surface area contributed by atoms with Crippen LogP contribution in [0.2, 0.25) is 0 Å². The fourth-order valence-electron chi connectivity index (χ4n) is 6.67. The number of anilines is 1. The van der Waals surface area contributed by atoms with Gasteiger partial charge in [0.25, 0.3) is 5.91 Å². The minimum absolute atomic E-state index is 0.0269. The first-order valence-corrected chi connectivity index (χ1v) is 15.7. The summed E-state index contributed by atoms with van der Waals surface area (Å²) in [6.45, 7) is 10.3. The maximum atomic E-state index is 13.9. The van der Waals surface area contributed by atoms with Gasteiger partial charge in [-0.15, -0.1) is 0 Å². The van der Waals surface area contributed by atoms with Crippen LogP contribution in [0.1, 0.15) is 93.7 Å². The highest BCUT2D eigenvalue weighted by Crippen LogP contribution is 2.37. The van der Waals surface area contributed by atoms with Gasteiger partial charge in [-0.25, -0.2) is 9.37 Å². The van der Waals surface area contributed by atoms with E-state index in [4.69, 9.17) is 4.98 Å². The molecule has 2 heterocycles. The van der Waals surface area contributed by atoms with Gasteiger partial charge < -0.3 is 15.0 Å². The van der Waals surface area contributed by atoms with E-state index in [2.05, 4.69) is 32.2 Å². The Bertz CT molecular complexity index is 1550. The van der Waals surface area contributed by atoms with Crippen molar-refractivity contribution >= 4 is 28.8 Å². The molecule has 1 aliphatic carbocycles. The van der Waals surface area contributed by atoms with Gasteiger partial charge in [-0.05, 0) is 121 Å². The summed E-state index contributed by atoms with van der Waals surface area (Å²) in [5.41, 5.74) is 2.11. The van der Waals surface area contributed by atoms with Crippen molar-refractivity contribution in [3.05, 3.63) is 58.9 Å². The molecule has 1 aromatic heterocycles. The maximum Gasteiger partial charge on any atom is 0.258 e. The normalized spacial score (nSPS) is 20.0. The highest BCUT2D eigenvalue weighted by Gasteiger charge is 2.32. The number of halogens is 1. The summed E-state index contributed by atoms with van der Waals surface area (Å²) in [5, 5.41) is 25.7. The predicted molar refractivity (Wildman–Crippen MR) is 167 cm³/mol. The van der Waals surface area contributed by atoms with E-state index in [-0.39, 0.29) is 41.0 Å². The monoisotopic (exact) mass is 602 g/mol. The van der Waals surface area contributed by atoms with Gasteiger partial charge in [0.15, 0.2) is 0 Å². The van der Waals surface area contributed by atoms with Crippen molar-refractivity contribution in [2.45, 2.75) is 90.4 Å². The number of piperidine rings is 1. The number of aromatic nitrogens is 2. The summed E-state index contributed by atoms with van der Waals surface area (Å²) >= 11 is 0. The number of imidazole rings is 1. The molecule has 1 aliphatic heterocycles. The topological polar surface area (TPSA) is 123 Å². The molecule has 3 aromatic rings. The number of carbonyl (C=O) groups excluding carboxylic acids is 2. The number of hydrogen-bond donors (Lipinski definition) is 3. The third kappa shape index (κ3) is 7.11. The van der Waals surface area contributed by atoms with E-state index in [0.29, 0.717) is 5.95 Å². The average molecular weight is 603 g/mol. The molecule has 1 saturated carbocycles. The first-order chi connectivity index (χ1) is 20.9. The fourth-order valence-corrected chi connectivity index (χ4v) is 6.67. The van der Waals surface area contributed by atoms with Crippen LogP contribution in [-0.4, -0.2) is 56.1 Å². The van der Waals surface area contributed by atoms with Gasteiger partial charge in [0.2, 0.25) is 11.9 Å². The van der Waals surface area contributed by atoms with Crippen LogP contribution >= 0.6 is 0 Å². The van der Waals surface area contributed by atoms with Crippen LogP contribution in [0.4, 0.5) is 10.3 Å². The third-order valence-electron chi connectivity index (χ3n) is 9.18. The molecule has 0 atom stereocenters. The summed E-state index contributed by atoms with van der Waals surface area (Å²) in [6.07, 6.45) is 4.88. The Morgan fingerprint density at radius 1 is 1.09 bits per heavy atom. The average Bonchev–Trinajstić information content (AvgIpc) is 3.33. The number of benzene rings is 2. The molecule has 0 bridgehead atoms. The molecule has 3 N–H and O–H groups in total. The lowest BCUT2D eigenvalue weighted by atomic mass is 9.83. The summed E-state index contributed by atoms with van der Waals surface area (Å²) in [5.74, 6) is -0.428. The molecule has 2 aliphatic rings. The van der Waals surface area contributed by atoms with E-state index < -0.39 is 17.3 Å². The Balaban J connectivity index is 1.41. The first-order valence-electron chi connectivity index (χ1n) is 15.7. The largest absolute Gasteiger partial charge is 0.390 e.